The van der Waals surface area contributed by atoms with E-state index in [4.69, 9.17) is 18.9 Å². The molecule has 1 heterocycles. The molecule has 0 spiro atoms. The lowest BCUT2D eigenvalue weighted by Gasteiger charge is -2.27. The average Bonchev–Trinajstić information content (AvgIpc) is 2.89. The van der Waals surface area contributed by atoms with Gasteiger partial charge in [0.15, 0.2) is 0 Å². The largest absolute Gasteiger partial charge is 0.497 e. The maximum Gasteiger partial charge on any atom is 0.121 e. The number of ether oxygens (including phenoxy) is 4. The quantitative estimate of drug-likeness (QED) is 0.414. The number of morpholine rings is 1. The molecule has 4 rings (SSSR count). The highest BCUT2D eigenvalue weighted by atomic mass is 16.5. The molecule has 1 saturated heterocycles. The Labute approximate surface area is 202 Å². The molecule has 3 aromatic rings. The Kier molecular flexibility index (Phi) is 8.65. The van der Waals surface area contributed by atoms with Gasteiger partial charge in [-0.05, 0) is 47.5 Å². The molecule has 3 aromatic carbocycles. The molecular weight excluding hydrogens is 428 g/mol. The van der Waals surface area contributed by atoms with Gasteiger partial charge < -0.3 is 23.8 Å². The van der Waals surface area contributed by atoms with Gasteiger partial charge in [0.25, 0.3) is 0 Å². The number of benzene rings is 3. The Morgan fingerprint density at radius 2 is 1.35 bits per heavy atom. The Balaban J connectivity index is 1.50. The molecule has 1 aliphatic rings. The molecule has 180 valence electrons. The molecule has 0 bridgehead atoms. The SMILES string of the molecule is COc1cccc(CN(Cc2cccc(OC)c2)c2cccc(OCCN3CCOCC3)c2)c1. The number of anilines is 1. The van der Waals surface area contributed by atoms with Crippen molar-refractivity contribution in [3.05, 3.63) is 83.9 Å². The van der Waals surface area contributed by atoms with Gasteiger partial charge in [-0.2, -0.15) is 0 Å². The summed E-state index contributed by atoms with van der Waals surface area (Å²) in [6, 6.07) is 24.8. The predicted molar refractivity (Wildman–Crippen MR) is 135 cm³/mol. The van der Waals surface area contributed by atoms with E-state index in [1.165, 1.54) is 11.1 Å². The monoisotopic (exact) mass is 462 g/mol. The van der Waals surface area contributed by atoms with Crippen LogP contribution >= 0.6 is 0 Å². The van der Waals surface area contributed by atoms with Crippen LogP contribution in [0.25, 0.3) is 0 Å². The molecule has 34 heavy (non-hydrogen) atoms. The van der Waals surface area contributed by atoms with Crippen LogP contribution in [-0.2, 0) is 17.8 Å². The van der Waals surface area contributed by atoms with Gasteiger partial charge in [-0.1, -0.05) is 30.3 Å². The van der Waals surface area contributed by atoms with Crippen molar-refractivity contribution in [1.29, 1.82) is 0 Å². The van der Waals surface area contributed by atoms with Gasteiger partial charge in [-0.15, -0.1) is 0 Å². The van der Waals surface area contributed by atoms with E-state index in [0.29, 0.717) is 6.61 Å². The molecule has 0 amide bonds. The zero-order chi connectivity index (χ0) is 23.6. The normalized spacial score (nSPS) is 13.9. The summed E-state index contributed by atoms with van der Waals surface area (Å²) in [5.41, 5.74) is 3.47. The summed E-state index contributed by atoms with van der Waals surface area (Å²) < 4.78 is 22.4. The molecular formula is C28H34N2O4. The summed E-state index contributed by atoms with van der Waals surface area (Å²) in [4.78, 5) is 4.73. The zero-order valence-corrected chi connectivity index (χ0v) is 20.1. The van der Waals surface area contributed by atoms with E-state index in [2.05, 4.69) is 52.3 Å². The highest BCUT2D eigenvalue weighted by Gasteiger charge is 2.13. The summed E-state index contributed by atoms with van der Waals surface area (Å²) in [5, 5.41) is 0. The van der Waals surface area contributed by atoms with Crippen molar-refractivity contribution >= 4 is 5.69 Å². The Bertz CT molecular complexity index is 987. The van der Waals surface area contributed by atoms with E-state index < -0.39 is 0 Å². The van der Waals surface area contributed by atoms with Crippen molar-refractivity contribution in [2.24, 2.45) is 0 Å². The summed E-state index contributed by atoms with van der Waals surface area (Å²) in [6.45, 7) is 6.60. The van der Waals surface area contributed by atoms with E-state index in [9.17, 15) is 0 Å². The predicted octanol–water partition coefficient (Wildman–Crippen LogP) is 4.62. The fourth-order valence-corrected chi connectivity index (χ4v) is 4.11. The smallest absolute Gasteiger partial charge is 0.121 e. The second kappa shape index (κ2) is 12.3. The minimum absolute atomic E-state index is 0.662. The van der Waals surface area contributed by atoms with Crippen LogP contribution in [0.15, 0.2) is 72.8 Å². The number of hydrogen-bond donors (Lipinski definition) is 0. The van der Waals surface area contributed by atoms with Gasteiger partial charge in [0, 0.05) is 44.5 Å². The van der Waals surface area contributed by atoms with Crippen molar-refractivity contribution in [3.8, 4) is 17.2 Å². The first-order valence-electron chi connectivity index (χ1n) is 11.8. The highest BCUT2D eigenvalue weighted by Crippen LogP contribution is 2.26. The summed E-state index contributed by atoms with van der Waals surface area (Å²) in [5.74, 6) is 2.60. The highest BCUT2D eigenvalue weighted by molar-refractivity contribution is 5.52. The Morgan fingerprint density at radius 3 is 1.97 bits per heavy atom. The first kappa shape index (κ1) is 23.9. The van der Waals surface area contributed by atoms with Gasteiger partial charge in [-0.3, -0.25) is 4.90 Å². The van der Waals surface area contributed by atoms with E-state index >= 15 is 0 Å². The number of rotatable bonds is 11. The molecule has 0 aliphatic carbocycles. The maximum atomic E-state index is 6.12. The zero-order valence-electron chi connectivity index (χ0n) is 20.1. The molecule has 6 nitrogen and oxygen atoms in total. The van der Waals surface area contributed by atoms with Crippen LogP contribution in [0, 0.1) is 0 Å². The van der Waals surface area contributed by atoms with Crippen LogP contribution in [0.4, 0.5) is 5.69 Å². The topological polar surface area (TPSA) is 43.4 Å². The minimum Gasteiger partial charge on any atom is -0.497 e. The standard InChI is InChI=1S/C28H34N2O4/c1-31-26-9-3-6-23(18-26)21-30(22-24-7-4-10-27(19-24)32-2)25-8-5-11-28(20-25)34-17-14-29-12-15-33-16-13-29/h3-11,18-20H,12-17,21-22H2,1-2H3. The number of nitrogens with zero attached hydrogens (tertiary/aromatic N) is 2. The van der Waals surface area contributed by atoms with Crippen LogP contribution in [0.3, 0.4) is 0 Å². The third-order valence-corrected chi connectivity index (χ3v) is 5.98. The van der Waals surface area contributed by atoms with Gasteiger partial charge in [0.1, 0.15) is 23.9 Å². The lowest BCUT2D eigenvalue weighted by atomic mass is 10.1. The van der Waals surface area contributed by atoms with Crippen molar-refractivity contribution in [3.63, 3.8) is 0 Å². The molecule has 0 unspecified atom stereocenters. The summed E-state index contributed by atoms with van der Waals surface area (Å²) in [6.07, 6.45) is 0. The molecule has 0 radical (unpaired) electrons. The maximum absolute atomic E-state index is 6.12. The minimum atomic E-state index is 0.662. The van der Waals surface area contributed by atoms with E-state index in [1.807, 2.05) is 30.3 Å². The van der Waals surface area contributed by atoms with Gasteiger partial charge in [0.05, 0.1) is 27.4 Å². The molecule has 0 atom stereocenters. The van der Waals surface area contributed by atoms with Crippen molar-refractivity contribution < 1.29 is 18.9 Å². The fourth-order valence-electron chi connectivity index (χ4n) is 4.11. The van der Waals surface area contributed by atoms with Crippen molar-refractivity contribution in [1.82, 2.24) is 4.90 Å². The van der Waals surface area contributed by atoms with Crippen LogP contribution in [0.2, 0.25) is 0 Å². The first-order valence-corrected chi connectivity index (χ1v) is 11.8. The van der Waals surface area contributed by atoms with Gasteiger partial charge >= 0.3 is 0 Å². The number of hydrogen-bond acceptors (Lipinski definition) is 6. The van der Waals surface area contributed by atoms with Crippen LogP contribution in [0.1, 0.15) is 11.1 Å². The lowest BCUT2D eigenvalue weighted by molar-refractivity contribution is 0.0322. The first-order chi connectivity index (χ1) is 16.7. The summed E-state index contributed by atoms with van der Waals surface area (Å²) >= 11 is 0. The number of methoxy groups -OCH3 is 2. The van der Waals surface area contributed by atoms with Crippen LogP contribution < -0.4 is 19.1 Å². The third kappa shape index (κ3) is 6.89. The molecule has 1 fully saturated rings. The summed E-state index contributed by atoms with van der Waals surface area (Å²) in [7, 11) is 3.40. The Hall–Kier alpha value is -3.22. The van der Waals surface area contributed by atoms with Crippen molar-refractivity contribution in [2.75, 3.05) is 58.6 Å². The molecule has 0 saturated carbocycles. The molecule has 0 N–H and O–H groups in total. The lowest BCUT2D eigenvalue weighted by Crippen LogP contribution is -2.38. The third-order valence-electron chi connectivity index (χ3n) is 5.98. The van der Waals surface area contributed by atoms with Gasteiger partial charge in [-0.25, -0.2) is 0 Å². The van der Waals surface area contributed by atoms with Crippen LogP contribution in [-0.4, -0.2) is 58.6 Å². The van der Waals surface area contributed by atoms with E-state index in [0.717, 1.165) is 68.9 Å². The molecule has 0 aromatic heterocycles. The van der Waals surface area contributed by atoms with Gasteiger partial charge in [0.2, 0.25) is 0 Å². The second-order valence-corrected chi connectivity index (χ2v) is 8.36. The molecule has 6 heteroatoms. The van der Waals surface area contributed by atoms with Crippen LogP contribution in [0.5, 0.6) is 17.2 Å². The second-order valence-electron chi connectivity index (χ2n) is 8.36. The van der Waals surface area contributed by atoms with Crippen molar-refractivity contribution in [2.45, 2.75) is 13.1 Å². The Morgan fingerprint density at radius 1 is 0.765 bits per heavy atom. The fraction of sp³-hybridized carbons (Fsp3) is 0.357. The molecule has 1 aliphatic heterocycles. The average molecular weight is 463 g/mol. The van der Waals surface area contributed by atoms with E-state index in [1.54, 1.807) is 14.2 Å². The van der Waals surface area contributed by atoms with E-state index in [-0.39, 0.29) is 0 Å².